The zero-order valence-electron chi connectivity index (χ0n) is 23.3. The van der Waals surface area contributed by atoms with Crippen molar-refractivity contribution in [1.29, 1.82) is 0 Å². The van der Waals surface area contributed by atoms with Gasteiger partial charge in [0.25, 0.3) is 0 Å². The quantitative estimate of drug-likeness (QED) is 0.226. The van der Waals surface area contributed by atoms with Gasteiger partial charge in [-0.05, 0) is 79.1 Å². The van der Waals surface area contributed by atoms with E-state index < -0.39 is 15.4 Å². The lowest BCUT2D eigenvalue weighted by atomic mass is 9.67. The topological polar surface area (TPSA) is 70.6 Å². The molecule has 2 unspecified atom stereocenters. The van der Waals surface area contributed by atoms with Crippen LogP contribution in [0.3, 0.4) is 0 Å². The molecule has 1 aliphatic heterocycles. The number of hydrogen-bond donors (Lipinski definition) is 0. The van der Waals surface area contributed by atoms with E-state index in [4.69, 9.17) is 23.2 Å². The minimum atomic E-state index is -3.69. The maximum Gasteiger partial charge on any atom is 0.233 e. The number of sulfonamides is 1. The summed E-state index contributed by atoms with van der Waals surface area (Å²) in [5, 5.41) is 1.23. The third-order valence-corrected chi connectivity index (χ3v) is 9.99. The van der Waals surface area contributed by atoms with E-state index in [-0.39, 0.29) is 36.4 Å². The maximum atomic E-state index is 14.7. The molecule has 1 amide bonds. The zero-order chi connectivity index (χ0) is 29.4. The molecule has 0 spiro atoms. The van der Waals surface area contributed by atoms with Crippen molar-refractivity contribution in [2.75, 3.05) is 17.1 Å². The Kier molecular flexibility index (Phi) is 8.51. The summed E-state index contributed by atoms with van der Waals surface area (Å²) in [6.07, 6.45) is 7.50. The number of piperidine rings is 1. The van der Waals surface area contributed by atoms with Crippen LogP contribution in [0.1, 0.15) is 55.7 Å². The number of amides is 1. The first kappa shape index (κ1) is 29.6. The number of hydrogen-bond acceptors (Lipinski definition) is 4. The molecule has 0 bridgehead atoms. The van der Waals surface area contributed by atoms with E-state index in [0.29, 0.717) is 28.7 Å². The average molecular weight is 613 g/mol. The fourth-order valence-corrected chi connectivity index (χ4v) is 7.46. The van der Waals surface area contributed by atoms with Crippen molar-refractivity contribution < 1.29 is 13.2 Å². The number of carbonyl (C=O) groups is 1. The molecule has 216 valence electrons. The number of rotatable bonds is 10. The highest BCUT2D eigenvalue weighted by atomic mass is 35.5. The Morgan fingerprint density at radius 3 is 2.39 bits per heavy atom. The van der Waals surface area contributed by atoms with Crippen LogP contribution < -0.4 is 4.31 Å². The van der Waals surface area contributed by atoms with Crippen molar-refractivity contribution in [2.45, 2.75) is 50.6 Å². The van der Waals surface area contributed by atoms with E-state index in [0.717, 1.165) is 24.0 Å². The fourth-order valence-electron chi connectivity index (χ4n) is 6.27. The average Bonchev–Trinajstić information content (AvgIpc) is 3.77. The Balaban J connectivity index is 1.69. The first-order valence-corrected chi connectivity index (χ1v) is 16.5. The first-order valence-electron chi connectivity index (χ1n) is 13.8. The highest BCUT2D eigenvalue weighted by molar-refractivity contribution is 7.92. The van der Waals surface area contributed by atoms with Crippen LogP contribution in [-0.2, 0) is 14.8 Å². The number of halogens is 2. The Labute approximate surface area is 253 Å². The summed E-state index contributed by atoms with van der Waals surface area (Å²) in [6, 6.07) is 19.9. The molecule has 1 saturated heterocycles. The number of nitrogens with zero attached hydrogens (tertiary/aromatic N) is 3. The molecule has 2 heterocycles. The molecule has 2 aromatic carbocycles. The normalized spacial score (nSPS) is 23.7. The number of allylic oxidation sites excluding steroid dienone is 1. The summed E-state index contributed by atoms with van der Waals surface area (Å²) in [6.45, 7) is 6.08. The molecule has 1 aliphatic carbocycles. The molecule has 41 heavy (non-hydrogen) atoms. The largest absolute Gasteiger partial charge is 0.329 e. The van der Waals surface area contributed by atoms with Crippen molar-refractivity contribution in [3.8, 4) is 0 Å². The monoisotopic (exact) mass is 611 g/mol. The van der Waals surface area contributed by atoms with Gasteiger partial charge in [-0.25, -0.2) is 13.4 Å². The zero-order valence-corrected chi connectivity index (χ0v) is 25.6. The second-order valence-corrected chi connectivity index (χ2v) is 14.3. The molecule has 0 N–H and O–H groups in total. The van der Waals surface area contributed by atoms with Crippen molar-refractivity contribution in [3.05, 3.63) is 107 Å². The van der Waals surface area contributed by atoms with Crippen molar-refractivity contribution in [1.82, 2.24) is 9.88 Å². The second-order valence-electron chi connectivity index (χ2n) is 11.5. The standard InChI is InChI=1S/C32H35Cl2N3O3S/c1-4-17-32(2)20-27(24-8-7-9-26(34)19-24)30(23-13-15-25(33)16-14-23)37(31(32)38)28(22-11-12-22)21-36(41(3,39)40)29-10-5-6-18-35-29/h4-10,13-16,18-19,22,27-28,30H,1,11-12,17,20-21H2,2-3H3/t27-,28?,30?,32+/m1/s1. The summed E-state index contributed by atoms with van der Waals surface area (Å²) >= 11 is 12.8. The predicted molar refractivity (Wildman–Crippen MR) is 166 cm³/mol. The van der Waals surface area contributed by atoms with Gasteiger partial charge in [0.05, 0.1) is 30.3 Å². The number of carbonyl (C=O) groups excluding carboxylic acids is 1. The van der Waals surface area contributed by atoms with Gasteiger partial charge in [-0.2, -0.15) is 0 Å². The van der Waals surface area contributed by atoms with Crippen molar-refractivity contribution >= 4 is 45.0 Å². The Morgan fingerprint density at radius 1 is 1.07 bits per heavy atom. The van der Waals surface area contributed by atoms with Gasteiger partial charge in [-0.1, -0.05) is 66.5 Å². The number of anilines is 1. The highest BCUT2D eigenvalue weighted by Crippen LogP contribution is 2.54. The summed E-state index contributed by atoms with van der Waals surface area (Å²) in [7, 11) is -3.69. The lowest BCUT2D eigenvalue weighted by Crippen LogP contribution is -2.59. The minimum absolute atomic E-state index is 0.00185. The van der Waals surface area contributed by atoms with Gasteiger partial charge < -0.3 is 4.90 Å². The third-order valence-electron chi connectivity index (χ3n) is 8.37. The number of likely N-dealkylation sites (tertiary alicyclic amines) is 1. The van der Waals surface area contributed by atoms with Crippen LogP contribution in [0.25, 0.3) is 0 Å². The van der Waals surface area contributed by atoms with Crippen molar-refractivity contribution in [2.24, 2.45) is 11.3 Å². The molecule has 1 aromatic heterocycles. The van der Waals surface area contributed by atoms with Gasteiger partial charge in [-0.3, -0.25) is 9.10 Å². The van der Waals surface area contributed by atoms with Gasteiger partial charge in [0.1, 0.15) is 5.82 Å². The molecule has 5 rings (SSSR count). The van der Waals surface area contributed by atoms with E-state index in [1.165, 1.54) is 10.6 Å². The van der Waals surface area contributed by atoms with Crippen LogP contribution in [0.2, 0.25) is 10.0 Å². The number of pyridine rings is 1. The van der Waals surface area contributed by atoms with Crippen LogP contribution in [0.15, 0.2) is 85.6 Å². The van der Waals surface area contributed by atoms with Gasteiger partial charge in [0, 0.05) is 22.2 Å². The minimum Gasteiger partial charge on any atom is -0.329 e. The van der Waals surface area contributed by atoms with Gasteiger partial charge in [0.15, 0.2) is 0 Å². The molecule has 9 heteroatoms. The first-order chi connectivity index (χ1) is 19.5. The molecule has 2 aliphatic rings. The Hall–Kier alpha value is -2.87. The molecule has 0 radical (unpaired) electrons. The summed E-state index contributed by atoms with van der Waals surface area (Å²) < 4.78 is 27.7. The molecule has 1 saturated carbocycles. The smallest absolute Gasteiger partial charge is 0.233 e. The van der Waals surface area contributed by atoms with Crippen LogP contribution >= 0.6 is 23.2 Å². The van der Waals surface area contributed by atoms with E-state index in [9.17, 15) is 13.2 Å². The van der Waals surface area contributed by atoms with Crippen LogP contribution in [-0.4, -0.2) is 43.1 Å². The van der Waals surface area contributed by atoms with E-state index >= 15 is 0 Å². The van der Waals surface area contributed by atoms with E-state index in [2.05, 4.69) is 17.6 Å². The maximum absolute atomic E-state index is 14.7. The number of aromatic nitrogens is 1. The van der Waals surface area contributed by atoms with Crippen LogP contribution in [0, 0.1) is 11.3 Å². The third kappa shape index (κ3) is 6.32. The Bertz CT molecular complexity index is 1510. The molecule has 3 aromatic rings. The molecule has 4 atom stereocenters. The molecular weight excluding hydrogens is 577 g/mol. The van der Waals surface area contributed by atoms with Crippen molar-refractivity contribution in [3.63, 3.8) is 0 Å². The predicted octanol–water partition coefficient (Wildman–Crippen LogP) is 7.27. The summed E-state index contributed by atoms with van der Waals surface area (Å²) in [5.74, 6) is 0.406. The highest BCUT2D eigenvalue weighted by Gasteiger charge is 2.54. The van der Waals surface area contributed by atoms with Gasteiger partial charge >= 0.3 is 0 Å². The SMILES string of the molecule is C=CC[C@@]1(C)C[C@H](c2cccc(Cl)c2)C(c2ccc(Cl)cc2)N(C(CN(c2ccccn2)S(C)(=O)=O)C2CC2)C1=O. The fraction of sp³-hybridized carbons (Fsp3) is 0.375. The van der Waals surface area contributed by atoms with E-state index in [1.54, 1.807) is 30.5 Å². The summed E-state index contributed by atoms with van der Waals surface area (Å²) in [5.41, 5.74) is 1.25. The lowest BCUT2D eigenvalue weighted by Gasteiger charge is -2.52. The molecule has 6 nitrogen and oxygen atoms in total. The second kappa shape index (κ2) is 11.8. The van der Waals surface area contributed by atoms with E-state index in [1.807, 2.05) is 54.3 Å². The van der Waals surface area contributed by atoms with Gasteiger partial charge in [0.2, 0.25) is 15.9 Å². The lowest BCUT2D eigenvalue weighted by molar-refractivity contribution is -0.154. The van der Waals surface area contributed by atoms with Crippen LogP contribution in [0.4, 0.5) is 5.82 Å². The molecular formula is C32H35Cl2N3O3S. The molecule has 2 fully saturated rings. The van der Waals surface area contributed by atoms with Gasteiger partial charge in [-0.15, -0.1) is 6.58 Å². The summed E-state index contributed by atoms with van der Waals surface area (Å²) in [4.78, 5) is 21.1. The number of benzene rings is 2. The Morgan fingerprint density at radius 2 is 1.80 bits per heavy atom. The van der Waals surface area contributed by atoms with Crippen LogP contribution in [0.5, 0.6) is 0 Å².